The van der Waals surface area contributed by atoms with Gasteiger partial charge in [-0.2, -0.15) is 0 Å². The molecule has 1 unspecified atom stereocenters. The molecular formula is C12H14N4O2S. The minimum absolute atomic E-state index is 0.0916. The summed E-state index contributed by atoms with van der Waals surface area (Å²) in [6.07, 6.45) is 5.17. The number of hydrogen-bond acceptors (Lipinski definition) is 5. The van der Waals surface area contributed by atoms with Gasteiger partial charge in [0.15, 0.2) is 4.96 Å². The zero-order chi connectivity index (χ0) is 13.2. The number of thiazole rings is 1. The van der Waals surface area contributed by atoms with Crippen LogP contribution in [0.1, 0.15) is 23.2 Å². The van der Waals surface area contributed by atoms with E-state index in [1.165, 1.54) is 21.9 Å². The zero-order valence-electron chi connectivity index (χ0n) is 10.3. The lowest BCUT2D eigenvalue weighted by molar-refractivity contribution is 0.0948. The van der Waals surface area contributed by atoms with Crippen LogP contribution >= 0.6 is 11.3 Å². The Bertz CT molecular complexity index is 657. The standard InChI is InChI=1S/C12H14N4O2S/c17-10(14-6-8-2-1-3-13-8)9-7-15-12-16(11(9)18)4-5-19-12/h4-5,7-8,13H,1-3,6H2,(H,14,17). The molecule has 1 saturated heterocycles. The summed E-state index contributed by atoms with van der Waals surface area (Å²) < 4.78 is 1.40. The minimum Gasteiger partial charge on any atom is -0.350 e. The number of carbonyl (C=O) groups is 1. The van der Waals surface area contributed by atoms with Crippen molar-refractivity contribution in [3.63, 3.8) is 0 Å². The number of amides is 1. The summed E-state index contributed by atoms with van der Waals surface area (Å²) in [4.78, 5) is 28.8. The molecule has 6 nitrogen and oxygen atoms in total. The fourth-order valence-corrected chi connectivity index (χ4v) is 2.90. The van der Waals surface area contributed by atoms with Gasteiger partial charge in [0.25, 0.3) is 11.5 Å². The average Bonchev–Trinajstić information content (AvgIpc) is 3.07. The van der Waals surface area contributed by atoms with Crippen molar-refractivity contribution in [3.8, 4) is 0 Å². The average molecular weight is 278 g/mol. The monoisotopic (exact) mass is 278 g/mol. The Morgan fingerprint density at radius 3 is 3.32 bits per heavy atom. The van der Waals surface area contributed by atoms with Crippen LogP contribution in [0.5, 0.6) is 0 Å². The first-order valence-electron chi connectivity index (χ1n) is 6.22. The number of hydrogen-bond donors (Lipinski definition) is 2. The summed E-state index contributed by atoms with van der Waals surface area (Å²) in [7, 11) is 0. The summed E-state index contributed by atoms with van der Waals surface area (Å²) >= 11 is 1.37. The fourth-order valence-electron chi connectivity index (χ4n) is 2.22. The first-order chi connectivity index (χ1) is 9.25. The molecule has 1 aliphatic heterocycles. The smallest absolute Gasteiger partial charge is 0.271 e. The first-order valence-corrected chi connectivity index (χ1v) is 7.10. The van der Waals surface area contributed by atoms with Gasteiger partial charge in [-0.1, -0.05) is 0 Å². The molecule has 0 aromatic carbocycles. The highest BCUT2D eigenvalue weighted by Gasteiger charge is 2.17. The quantitative estimate of drug-likeness (QED) is 0.843. The molecule has 19 heavy (non-hydrogen) atoms. The van der Waals surface area contributed by atoms with E-state index in [-0.39, 0.29) is 17.0 Å². The lowest BCUT2D eigenvalue weighted by Gasteiger charge is -2.11. The number of rotatable bonds is 3. The molecule has 1 aliphatic rings. The molecule has 0 bridgehead atoms. The van der Waals surface area contributed by atoms with E-state index in [4.69, 9.17) is 0 Å². The van der Waals surface area contributed by atoms with Crippen LogP contribution in [0.3, 0.4) is 0 Å². The third kappa shape index (κ3) is 2.39. The predicted molar refractivity (Wildman–Crippen MR) is 72.7 cm³/mol. The van der Waals surface area contributed by atoms with E-state index in [1.54, 1.807) is 11.6 Å². The highest BCUT2D eigenvalue weighted by Crippen LogP contribution is 2.06. The van der Waals surface area contributed by atoms with Crippen LogP contribution in [0.15, 0.2) is 22.6 Å². The minimum atomic E-state index is -0.355. The van der Waals surface area contributed by atoms with E-state index < -0.39 is 0 Å². The summed E-state index contributed by atoms with van der Waals surface area (Å²) in [5.74, 6) is -0.355. The van der Waals surface area contributed by atoms with Crippen molar-refractivity contribution >= 4 is 22.2 Å². The Kier molecular flexibility index (Phi) is 3.31. The van der Waals surface area contributed by atoms with Crippen LogP contribution in [-0.4, -0.2) is 34.4 Å². The number of aromatic nitrogens is 2. The number of carbonyl (C=O) groups excluding carboxylic acids is 1. The third-order valence-corrected chi connectivity index (χ3v) is 4.03. The third-order valence-electron chi connectivity index (χ3n) is 3.26. The normalized spacial score (nSPS) is 18.8. The Labute approximate surface area is 113 Å². The second-order valence-corrected chi connectivity index (χ2v) is 5.41. The van der Waals surface area contributed by atoms with Gasteiger partial charge in [-0.15, -0.1) is 11.3 Å². The van der Waals surface area contributed by atoms with Gasteiger partial charge in [0.2, 0.25) is 0 Å². The summed E-state index contributed by atoms with van der Waals surface area (Å²) in [6, 6.07) is 0.310. The molecule has 2 N–H and O–H groups in total. The molecule has 1 fully saturated rings. The van der Waals surface area contributed by atoms with Crippen LogP contribution in [0.4, 0.5) is 0 Å². The molecule has 1 atom stereocenters. The van der Waals surface area contributed by atoms with E-state index in [2.05, 4.69) is 15.6 Å². The number of fused-ring (bicyclic) bond motifs is 1. The van der Waals surface area contributed by atoms with Gasteiger partial charge in [-0.3, -0.25) is 14.0 Å². The van der Waals surface area contributed by atoms with Gasteiger partial charge >= 0.3 is 0 Å². The van der Waals surface area contributed by atoms with Crippen molar-refractivity contribution < 1.29 is 4.79 Å². The summed E-state index contributed by atoms with van der Waals surface area (Å²) in [5, 5.41) is 7.85. The molecular weight excluding hydrogens is 264 g/mol. The lowest BCUT2D eigenvalue weighted by atomic mass is 10.2. The maximum atomic E-state index is 12.1. The second-order valence-electron chi connectivity index (χ2n) is 4.54. The van der Waals surface area contributed by atoms with E-state index in [1.807, 2.05) is 0 Å². The molecule has 2 aromatic heterocycles. The largest absolute Gasteiger partial charge is 0.350 e. The van der Waals surface area contributed by atoms with Gasteiger partial charge < -0.3 is 10.6 Å². The molecule has 1 amide bonds. The second kappa shape index (κ2) is 5.10. The first kappa shape index (κ1) is 12.3. The van der Waals surface area contributed by atoms with Crippen molar-refractivity contribution in [1.82, 2.24) is 20.0 Å². The molecule has 0 saturated carbocycles. The number of nitrogens with zero attached hydrogens (tertiary/aromatic N) is 2. The SMILES string of the molecule is O=C(NCC1CCCN1)c1cnc2sccn2c1=O. The van der Waals surface area contributed by atoms with Gasteiger partial charge in [-0.05, 0) is 19.4 Å². The Morgan fingerprint density at radius 2 is 2.53 bits per heavy atom. The molecule has 100 valence electrons. The van der Waals surface area contributed by atoms with Crippen LogP contribution < -0.4 is 16.2 Å². The van der Waals surface area contributed by atoms with Crippen LogP contribution in [-0.2, 0) is 0 Å². The fraction of sp³-hybridized carbons (Fsp3) is 0.417. The van der Waals surface area contributed by atoms with Gasteiger partial charge in [0.05, 0.1) is 0 Å². The van der Waals surface area contributed by atoms with Gasteiger partial charge in [0, 0.05) is 30.4 Å². The zero-order valence-corrected chi connectivity index (χ0v) is 11.1. The Hall–Kier alpha value is -1.73. The predicted octanol–water partition coefficient (Wildman–Crippen LogP) is 0.238. The maximum absolute atomic E-state index is 12.1. The molecule has 7 heteroatoms. The lowest BCUT2D eigenvalue weighted by Crippen LogP contribution is -2.39. The maximum Gasteiger partial charge on any atom is 0.271 e. The molecule has 3 heterocycles. The highest BCUT2D eigenvalue weighted by atomic mass is 32.1. The van der Waals surface area contributed by atoms with Crippen molar-refractivity contribution in [2.24, 2.45) is 0 Å². The van der Waals surface area contributed by atoms with E-state index in [0.29, 0.717) is 17.5 Å². The van der Waals surface area contributed by atoms with Crippen molar-refractivity contribution in [3.05, 3.63) is 33.7 Å². The van der Waals surface area contributed by atoms with E-state index in [9.17, 15) is 9.59 Å². The van der Waals surface area contributed by atoms with Crippen LogP contribution in [0.2, 0.25) is 0 Å². The molecule has 0 aliphatic carbocycles. The molecule has 0 radical (unpaired) electrons. The summed E-state index contributed by atoms with van der Waals surface area (Å²) in [5.41, 5.74) is -0.225. The van der Waals surface area contributed by atoms with E-state index >= 15 is 0 Å². The van der Waals surface area contributed by atoms with Gasteiger partial charge in [-0.25, -0.2) is 4.98 Å². The summed E-state index contributed by atoms with van der Waals surface area (Å²) in [6.45, 7) is 1.54. The molecule has 2 aromatic rings. The molecule has 0 spiro atoms. The van der Waals surface area contributed by atoms with Crippen molar-refractivity contribution in [2.45, 2.75) is 18.9 Å². The highest BCUT2D eigenvalue weighted by molar-refractivity contribution is 7.15. The molecule has 3 rings (SSSR count). The Morgan fingerprint density at radius 1 is 1.63 bits per heavy atom. The Balaban J connectivity index is 1.77. The topological polar surface area (TPSA) is 75.5 Å². The number of nitrogens with one attached hydrogen (secondary N) is 2. The van der Waals surface area contributed by atoms with Crippen LogP contribution in [0.25, 0.3) is 4.96 Å². The van der Waals surface area contributed by atoms with Gasteiger partial charge in [0.1, 0.15) is 5.56 Å². The van der Waals surface area contributed by atoms with E-state index in [0.717, 1.165) is 19.4 Å². The van der Waals surface area contributed by atoms with Crippen molar-refractivity contribution in [1.29, 1.82) is 0 Å². The van der Waals surface area contributed by atoms with Crippen molar-refractivity contribution in [2.75, 3.05) is 13.1 Å². The van der Waals surface area contributed by atoms with Crippen LogP contribution in [0, 0.1) is 0 Å².